The zero-order valence-electron chi connectivity index (χ0n) is 14.8. The molecular weight excluding hydrogens is 348 g/mol. The first-order valence-corrected chi connectivity index (χ1v) is 8.51. The minimum atomic E-state index is -0.542. The van der Waals surface area contributed by atoms with Crippen molar-refractivity contribution in [1.82, 2.24) is 14.9 Å². The van der Waals surface area contributed by atoms with Crippen molar-refractivity contribution in [3.63, 3.8) is 0 Å². The SMILES string of the molecule is CCOC(=O)c1cnc(Cl)nc1N[C@H]1CCN(C(=O)OC(C)(C)C)C1. The van der Waals surface area contributed by atoms with Gasteiger partial charge in [-0.3, -0.25) is 0 Å². The summed E-state index contributed by atoms with van der Waals surface area (Å²) in [5.41, 5.74) is -0.332. The summed E-state index contributed by atoms with van der Waals surface area (Å²) >= 11 is 5.84. The van der Waals surface area contributed by atoms with Crippen molar-refractivity contribution in [2.45, 2.75) is 45.8 Å². The molecule has 0 bridgehead atoms. The lowest BCUT2D eigenvalue weighted by atomic mass is 10.2. The van der Waals surface area contributed by atoms with Gasteiger partial charge in [0.25, 0.3) is 0 Å². The summed E-state index contributed by atoms with van der Waals surface area (Å²) in [4.78, 5) is 33.7. The van der Waals surface area contributed by atoms with Gasteiger partial charge in [-0.05, 0) is 45.7 Å². The third-order valence-electron chi connectivity index (χ3n) is 3.44. The number of halogens is 1. The highest BCUT2D eigenvalue weighted by atomic mass is 35.5. The average molecular weight is 371 g/mol. The van der Waals surface area contributed by atoms with Crippen molar-refractivity contribution in [2.75, 3.05) is 25.0 Å². The van der Waals surface area contributed by atoms with Gasteiger partial charge in [-0.25, -0.2) is 14.6 Å². The Kier molecular flexibility index (Phi) is 6.05. The van der Waals surface area contributed by atoms with Gasteiger partial charge in [0.1, 0.15) is 17.0 Å². The molecule has 0 unspecified atom stereocenters. The first kappa shape index (κ1) is 19.2. The van der Waals surface area contributed by atoms with Crippen LogP contribution in [0.1, 0.15) is 44.5 Å². The molecule has 0 aromatic carbocycles. The monoisotopic (exact) mass is 370 g/mol. The standard InChI is InChI=1S/C16H23ClN4O4/c1-5-24-13(22)11-8-18-14(17)20-12(11)19-10-6-7-21(9-10)15(23)25-16(2,3)4/h8,10H,5-7,9H2,1-4H3,(H,18,19,20)/t10-/m0/s1. The Morgan fingerprint density at radius 1 is 1.44 bits per heavy atom. The first-order chi connectivity index (χ1) is 11.7. The number of likely N-dealkylation sites (tertiary alicyclic amines) is 1. The van der Waals surface area contributed by atoms with Crippen LogP contribution in [-0.4, -0.2) is 58.3 Å². The molecule has 1 fully saturated rings. The van der Waals surface area contributed by atoms with E-state index in [1.54, 1.807) is 11.8 Å². The van der Waals surface area contributed by atoms with Gasteiger partial charge in [0.2, 0.25) is 5.28 Å². The van der Waals surface area contributed by atoms with E-state index in [1.165, 1.54) is 6.20 Å². The minimum Gasteiger partial charge on any atom is -0.462 e. The van der Waals surface area contributed by atoms with Gasteiger partial charge < -0.3 is 19.7 Å². The van der Waals surface area contributed by atoms with Crippen molar-refractivity contribution in [3.05, 3.63) is 17.0 Å². The normalized spacial score (nSPS) is 17.3. The fourth-order valence-electron chi connectivity index (χ4n) is 2.39. The van der Waals surface area contributed by atoms with Gasteiger partial charge in [0.05, 0.1) is 6.61 Å². The quantitative estimate of drug-likeness (QED) is 0.643. The molecule has 1 saturated heterocycles. The van der Waals surface area contributed by atoms with Gasteiger partial charge in [0, 0.05) is 25.3 Å². The molecule has 0 spiro atoms. The fraction of sp³-hybridized carbons (Fsp3) is 0.625. The summed E-state index contributed by atoms with van der Waals surface area (Å²) in [5.74, 6) is -0.224. The molecule has 1 atom stereocenters. The maximum absolute atomic E-state index is 12.1. The summed E-state index contributed by atoms with van der Waals surface area (Å²) in [7, 11) is 0. The van der Waals surface area contributed by atoms with E-state index in [0.29, 0.717) is 25.3 Å². The number of carbonyl (C=O) groups excluding carboxylic acids is 2. The molecule has 138 valence electrons. The lowest BCUT2D eigenvalue weighted by Gasteiger charge is -2.24. The number of anilines is 1. The van der Waals surface area contributed by atoms with Gasteiger partial charge in [0.15, 0.2) is 0 Å². The Hall–Kier alpha value is -2.09. The van der Waals surface area contributed by atoms with E-state index < -0.39 is 11.6 Å². The van der Waals surface area contributed by atoms with Gasteiger partial charge in [-0.15, -0.1) is 0 Å². The summed E-state index contributed by atoms with van der Waals surface area (Å²) in [6.45, 7) is 8.44. The van der Waals surface area contributed by atoms with Crippen LogP contribution < -0.4 is 5.32 Å². The lowest BCUT2D eigenvalue weighted by Crippen LogP contribution is -2.36. The summed E-state index contributed by atoms with van der Waals surface area (Å²) in [6, 6.07) is -0.0772. The zero-order valence-corrected chi connectivity index (χ0v) is 15.6. The second-order valence-electron chi connectivity index (χ2n) is 6.68. The second kappa shape index (κ2) is 7.86. The van der Waals surface area contributed by atoms with Crippen molar-refractivity contribution in [1.29, 1.82) is 0 Å². The highest BCUT2D eigenvalue weighted by Crippen LogP contribution is 2.21. The van der Waals surface area contributed by atoms with Crippen molar-refractivity contribution >= 4 is 29.5 Å². The van der Waals surface area contributed by atoms with Crippen LogP contribution in [-0.2, 0) is 9.47 Å². The number of carbonyl (C=O) groups is 2. The topological polar surface area (TPSA) is 93.6 Å². The molecule has 1 aromatic rings. The average Bonchev–Trinajstić information content (AvgIpc) is 2.94. The molecule has 8 nitrogen and oxygen atoms in total. The van der Waals surface area contributed by atoms with Crippen LogP contribution in [0.2, 0.25) is 5.28 Å². The lowest BCUT2D eigenvalue weighted by molar-refractivity contribution is 0.0293. The molecule has 25 heavy (non-hydrogen) atoms. The second-order valence-corrected chi connectivity index (χ2v) is 7.02. The molecule has 0 saturated carbocycles. The smallest absolute Gasteiger partial charge is 0.410 e. The number of aromatic nitrogens is 2. The van der Waals surface area contributed by atoms with E-state index in [2.05, 4.69) is 15.3 Å². The minimum absolute atomic E-state index is 0.0255. The summed E-state index contributed by atoms with van der Waals surface area (Å²) < 4.78 is 10.4. The van der Waals surface area contributed by atoms with E-state index in [4.69, 9.17) is 21.1 Å². The molecule has 1 amide bonds. The molecule has 9 heteroatoms. The number of hydrogen-bond donors (Lipinski definition) is 1. The number of hydrogen-bond acceptors (Lipinski definition) is 7. The predicted octanol–water partition coefficient (Wildman–Crippen LogP) is 2.73. The molecule has 2 rings (SSSR count). The van der Waals surface area contributed by atoms with Crippen LogP contribution >= 0.6 is 11.6 Å². The summed E-state index contributed by atoms with van der Waals surface area (Å²) in [5, 5.41) is 3.18. The Morgan fingerprint density at radius 2 is 2.16 bits per heavy atom. The maximum Gasteiger partial charge on any atom is 0.410 e. The predicted molar refractivity (Wildman–Crippen MR) is 92.8 cm³/mol. The number of nitrogens with one attached hydrogen (secondary N) is 1. The number of esters is 1. The Labute approximate surface area is 151 Å². The number of amides is 1. The molecule has 1 aliphatic heterocycles. The number of ether oxygens (including phenoxy) is 2. The molecule has 0 aliphatic carbocycles. The largest absolute Gasteiger partial charge is 0.462 e. The van der Waals surface area contributed by atoms with Gasteiger partial charge in [-0.2, -0.15) is 4.98 Å². The van der Waals surface area contributed by atoms with Crippen LogP contribution in [0.25, 0.3) is 0 Å². The highest BCUT2D eigenvalue weighted by Gasteiger charge is 2.30. The number of nitrogens with zero attached hydrogens (tertiary/aromatic N) is 3. The maximum atomic E-state index is 12.1. The van der Waals surface area contributed by atoms with Gasteiger partial charge in [-0.1, -0.05) is 0 Å². The Morgan fingerprint density at radius 3 is 2.80 bits per heavy atom. The van der Waals surface area contributed by atoms with Crippen molar-refractivity contribution in [2.24, 2.45) is 0 Å². The fourth-order valence-corrected chi connectivity index (χ4v) is 2.53. The van der Waals surface area contributed by atoms with E-state index in [-0.39, 0.29) is 29.6 Å². The molecule has 0 radical (unpaired) electrons. The van der Waals surface area contributed by atoms with Crippen LogP contribution in [0.3, 0.4) is 0 Å². The van der Waals surface area contributed by atoms with Crippen molar-refractivity contribution in [3.8, 4) is 0 Å². The highest BCUT2D eigenvalue weighted by molar-refractivity contribution is 6.28. The molecular formula is C16H23ClN4O4. The van der Waals surface area contributed by atoms with Crippen LogP contribution in [0.4, 0.5) is 10.6 Å². The summed E-state index contributed by atoms with van der Waals surface area (Å²) in [6.07, 6.45) is 1.67. The van der Waals surface area contributed by atoms with Crippen LogP contribution in [0.5, 0.6) is 0 Å². The van der Waals surface area contributed by atoms with E-state index in [0.717, 1.165) is 0 Å². The molecule has 1 aliphatic rings. The van der Waals surface area contributed by atoms with Gasteiger partial charge >= 0.3 is 12.1 Å². The third kappa shape index (κ3) is 5.45. The Balaban J connectivity index is 2.05. The first-order valence-electron chi connectivity index (χ1n) is 8.13. The molecule has 1 N–H and O–H groups in total. The van der Waals surface area contributed by atoms with Crippen LogP contribution in [0.15, 0.2) is 6.20 Å². The zero-order chi connectivity index (χ0) is 18.6. The Bertz CT molecular complexity index is 648. The van der Waals surface area contributed by atoms with E-state index >= 15 is 0 Å². The molecule has 1 aromatic heterocycles. The van der Waals surface area contributed by atoms with E-state index in [1.807, 2.05) is 20.8 Å². The van der Waals surface area contributed by atoms with Crippen LogP contribution in [0, 0.1) is 0 Å². The molecule has 2 heterocycles. The van der Waals surface area contributed by atoms with E-state index in [9.17, 15) is 9.59 Å². The number of rotatable bonds is 4. The third-order valence-corrected chi connectivity index (χ3v) is 3.62. The van der Waals surface area contributed by atoms with Crippen molar-refractivity contribution < 1.29 is 19.1 Å².